The summed E-state index contributed by atoms with van der Waals surface area (Å²) in [6.07, 6.45) is 1.27. The smallest absolute Gasteiger partial charge is 0.280 e. The second-order valence-electron chi connectivity index (χ2n) is 4.06. The fourth-order valence-corrected chi connectivity index (χ4v) is 1.75. The van der Waals surface area contributed by atoms with Crippen molar-refractivity contribution in [3.8, 4) is 0 Å². The van der Waals surface area contributed by atoms with E-state index in [9.17, 15) is 9.59 Å². The Bertz CT molecular complexity index is 836. The number of aromatic nitrogens is 4. The molecular formula is C12H10N6O2. The van der Waals surface area contributed by atoms with Gasteiger partial charge in [0.15, 0.2) is 11.2 Å². The number of nitrogen functional groups attached to an aromatic ring is 1. The summed E-state index contributed by atoms with van der Waals surface area (Å²) in [5.41, 5.74) is 0.293. The number of nitrogens with zero attached hydrogens (tertiary/aromatic N) is 3. The molecule has 4 N–H and O–H groups in total. The number of rotatable bonds is 2. The van der Waals surface area contributed by atoms with Crippen LogP contribution in [0.5, 0.6) is 0 Å². The first-order valence-electron chi connectivity index (χ1n) is 5.74. The van der Waals surface area contributed by atoms with E-state index in [0.717, 1.165) is 4.68 Å². The summed E-state index contributed by atoms with van der Waals surface area (Å²) in [5.74, 6) is 5.22. The van der Waals surface area contributed by atoms with Crippen LogP contribution in [0.1, 0.15) is 10.4 Å². The van der Waals surface area contributed by atoms with Gasteiger partial charge in [-0.15, -0.1) is 0 Å². The van der Waals surface area contributed by atoms with E-state index in [4.69, 9.17) is 5.84 Å². The van der Waals surface area contributed by atoms with Crippen LogP contribution >= 0.6 is 0 Å². The maximum Gasteiger partial charge on any atom is 0.280 e. The predicted molar refractivity (Wildman–Crippen MR) is 72.7 cm³/mol. The predicted octanol–water partition coefficient (Wildman–Crippen LogP) is 0.0857. The van der Waals surface area contributed by atoms with Gasteiger partial charge in [-0.3, -0.25) is 19.9 Å². The van der Waals surface area contributed by atoms with Gasteiger partial charge in [0.05, 0.1) is 0 Å². The lowest BCUT2D eigenvalue weighted by Gasteiger charge is -2.04. The van der Waals surface area contributed by atoms with Crippen LogP contribution in [0.4, 0.5) is 5.95 Å². The van der Waals surface area contributed by atoms with Gasteiger partial charge in [0, 0.05) is 5.56 Å². The Labute approximate surface area is 112 Å². The zero-order valence-electron chi connectivity index (χ0n) is 10.2. The molecule has 0 aliphatic rings. The van der Waals surface area contributed by atoms with E-state index in [1.807, 2.05) is 0 Å². The van der Waals surface area contributed by atoms with E-state index in [1.54, 1.807) is 30.3 Å². The molecule has 2 aromatic heterocycles. The van der Waals surface area contributed by atoms with Crippen molar-refractivity contribution < 1.29 is 4.79 Å². The molecule has 0 fully saturated rings. The molecule has 1 aromatic carbocycles. The maximum atomic E-state index is 12.0. The minimum Gasteiger partial charge on any atom is -0.336 e. The van der Waals surface area contributed by atoms with Gasteiger partial charge in [-0.2, -0.15) is 4.98 Å². The normalized spacial score (nSPS) is 10.6. The fraction of sp³-hybridized carbons (Fsp3) is 0. The monoisotopic (exact) mass is 270 g/mol. The van der Waals surface area contributed by atoms with Gasteiger partial charge < -0.3 is 5.84 Å². The van der Waals surface area contributed by atoms with Gasteiger partial charge in [0.2, 0.25) is 5.95 Å². The number of benzene rings is 1. The van der Waals surface area contributed by atoms with Gasteiger partial charge in [-0.05, 0) is 12.1 Å². The molecule has 0 unspecified atom stereocenters. The molecule has 8 nitrogen and oxygen atoms in total. The van der Waals surface area contributed by atoms with E-state index in [-0.39, 0.29) is 23.0 Å². The van der Waals surface area contributed by atoms with Crippen molar-refractivity contribution in [1.82, 2.24) is 19.6 Å². The van der Waals surface area contributed by atoms with Crippen molar-refractivity contribution in [3.63, 3.8) is 0 Å². The molecule has 0 bridgehead atoms. The molecular weight excluding hydrogens is 260 g/mol. The molecule has 0 aliphatic carbocycles. The molecule has 2 heterocycles. The van der Waals surface area contributed by atoms with Gasteiger partial charge in [-0.1, -0.05) is 18.2 Å². The number of anilines is 1. The second kappa shape index (κ2) is 4.50. The molecule has 20 heavy (non-hydrogen) atoms. The van der Waals surface area contributed by atoms with Crippen LogP contribution in [0.25, 0.3) is 11.2 Å². The SMILES string of the molecule is Nn1cnc2c(=O)[nH]c(NC(=O)c3ccccc3)nc21. The standard InChI is InChI=1S/C12H10N6O2/c13-18-6-14-8-9(18)15-12(17-11(8)20)16-10(19)7-4-2-1-3-5-7/h1-6H,13H2,(H2,15,16,17,19,20). The van der Waals surface area contributed by atoms with Crippen molar-refractivity contribution in [1.29, 1.82) is 0 Å². The summed E-state index contributed by atoms with van der Waals surface area (Å²) in [6.45, 7) is 0. The maximum absolute atomic E-state index is 12.0. The van der Waals surface area contributed by atoms with Gasteiger partial charge in [0.1, 0.15) is 6.33 Å². The third-order valence-corrected chi connectivity index (χ3v) is 2.70. The largest absolute Gasteiger partial charge is 0.336 e. The van der Waals surface area contributed by atoms with Crippen LogP contribution in [-0.4, -0.2) is 25.5 Å². The van der Waals surface area contributed by atoms with Crippen LogP contribution < -0.4 is 16.7 Å². The zero-order valence-corrected chi connectivity index (χ0v) is 10.2. The number of H-pyrrole nitrogens is 1. The zero-order chi connectivity index (χ0) is 14.1. The number of imidazole rings is 1. The average molecular weight is 270 g/mol. The summed E-state index contributed by atoms with van der Waals surface area (Å²) in [6, 6.07) is 8.58. The van der Waals surface area contributed by atoms with Crippen LogP contribution in [0, 0.1) is 0 Å². The highest BCUT2D eigenvalue weighted by Gasteiger charge is 2.11. The van der Waals surface area contributed by atoms with E-state index >= 15 is 0 Å². The Morgan fingerprint density at radius 2 is 2.05 bits per heavy atom. The number of fused-ring (bicyclic) bond motifs is 1. The summed E-state index contributed by atoms with van der Waals surface area (Å²) in [4.78, 5) is 34.0. The lowest BCUT2D eigenvalue weighted by atomic mass is 10.2. The summed E-state index contributed by atoms with van der Waals surface area (Å²) < 4.78 is 1.11. The van der Waals surface area contributed by atoms with Crippen LogP contribution in [0.3, 0.4) is 0 Å². The molecule has 3 rings (SSSR count). The van der Waals surface area contributed by atoms with Crippen molar-refractivity contribution in [2.45, 2.75) is 0 Å². The minimum atomic E-state index is -0.470. The Hall–Kier alpha value is -3.16. The number of carbonyl (C=O) groups excluding carboxylic acids is 1. The number of hydrogen-bond donors (Lipinski definition) is 3. The quantitative estimate of drug-likeness (QED) is 0.570. The first-order chi connectivity index (χ1) is 9.65. The topological polar surface area (TPSA) is 119 Å². The van der Waals surface area contributed by atoms with Gasteiger partial charge >= 0.3 is 0 Å². The van der Waals surface area contributed by atoms with Gasteiger partial charge in [-0.25, -0.2) is 9.66 Å². The number of nitrogens with one attached hydrogen (secondary N) is 2. The molecule has 0 saturated heterocycles. The number of carbonyl (C=O) groups is 1. The first-order valence-corrected chi connectivity index (χ1v) is 5.74. The third kappa shape index (κ3) is 1.99. The Morgan fingerprint density at radius 3 is 2.80 bits per heavy atom. The van der Waals surface area contributed by atoms with E-state index < -0.39 is 5.56 Å². The molecule has 100 valence electrons. The van der Waals surface area contributed by atoms with Crippen LogP contribution in [-0.2, 0) is 0 Å². The van der Waals surface area contributed by atoms with E-state index in [2.05, 4.69) is 20.3 Å². The number of nitrogens with two attached hydrogens (primary N) is 1. The van der Waals surface area contributed by atoms with Crippen molar-refractivity contribution in [2.24, 2.45) is 0 Å². The second-order valence-corrected chi connectivity index (χ2v) is 4.06. The van der Waals surface area contributed by atoms with Crippen LogP contribution in [0.2, 0.25) is 0 Å². The third-order valence-electron chi connectivity index (χ3n) is 2.70. The molecule has 0 atom stereocenters. The first kappa shape index (κ1) is 11.9. The number of aromatic amines is 1. The van der Waals surface area contributed by atoms with Crippen molar-refractivity contribution in [2.75, 3.05) is 11.2 Å². The Kier molecular flexibility index (Phi) is 2.68. The van der Waals surface area contributed by atoms with Gasteiger partial charge in [0.25, 0.3) is 11.5 Å². The van der Waals surface area contributed by atoms with Crippen LogP contribution in [0.15, 0.2) is 41.5 Å². The molecule has 0 spiro atoms. The molecule has 0 aliphatic heterocycles. The Morgan fingerprint density at radius 1 is 1.30 bits per heavy atom. The highest BCUT2D eigenvalue weighted by molar-refractivity contribution is 6.03. The molecule has 1 amide bonds. The lowest BCUT2D eigenvalue weighted by molar-refractivity contribution is 0.102. The van der Waals surface area contributed by atoms with E-state index in [1.165, 1.54) is 6.33 Å². The Balaban J connectivity index is 1.97. The number of hydrogen-bond acceptors (Lipinski definition) is 5. The molecule has 0 radical (unpaired) electrons. The lowest BCUT2D eigenvalue weighted by Crippen LogP contribution is -2.19. The highest BCUT2D eigenvalue weighted by Crippen LogP contribution is 2.07. The fourth-order valence-electron chi connectivity index (χ4n) is 1.75. The molecule has 3 aromatic rings. The summed E-state index contributed by atoms with van der Waals surface area (Å²) in [5, 5.41) is 2.51. The van der Waals surface area contributed by atoms with E-state index in [0.29, 0.717) is 5.56 Å². The van der Waals surface area contributed by atoms with Crippen molar-refractivity contribution >= 4 is 23.0 Å². The average Bonchev–Trinajstić information content (AvgIpc) is 2.82. The minimum absolute atomic E-state index is 0.0172. The highest BCUT2D eigenvalue weighted by atomic mass is 16.2. The van der Waals surface area contributed by atoms with Crippen molar-refractivity contribution in [3.05, 3.63) is 52.6 Å². The number of amides is 1. The summed E-state index contributed by atoms with van der Waals surface area (Å²) >= 11 is 0. The molecule has 8 heteroatoms. The molecule has 0 saturated carbocycles. The summed E-state index contributed by atoms with van der Waals surface area (Å²) in [7, 11) is 0.